The molecule has 0 spiro atoms. The quantitative estimate of drug-likeness (QED) is 0.616. The van der Waals surface area contributed by atoms with E-state index in [0.29, 0.717) is 5.69 Å². The number of hydrogen-bond acceptors (Lipinski definition) is 5. The van der Waals surface area contributed by atoms with Gasteiger partial charge in [0.05, 0.1) is 19.3 Å². The summed E-state index contributed by atoms with van der Waals surface area (Å²) in [5, 5.41) is 17.8. The zero-order valence-electron chi connectivity index (χ0n) is 11.4. The van der Waals surface area contributed by atoms with Crippen molar-refractivity contribution in [3.05, 3.63) is 35.1 Å². The Morgan fingerprint density at radius 1 is 1.33 bits per heavy atom. The number of nitrogens with zero attached hydrogens (tertiary/aromatic N) is 3. The summed E-state index contributed by atoms with van der Waals surface area (Å²) in [7, 11) is 2.98. The second-order valence-electron chi connectivity index (χ2n) is 4.39. The van der Waals surface area contributed by atoms with Crippen molar-refractivity contribution in [3.63, 3.8) is 0 Å². The first-order chi connectivity index (χ1) is 10.0. The van der Waals surface area contributed by atoms with Crippen molar-refractivity contribution in [1.82, 2.24) is 0 Å². The number of likely N-dealkylation sites (N-methyl/N-ethyl adjacent to an activating group) is 1. The molecule has 2 rings (SSSR count). The SMILES string of the molecule is COC(=C(C#N)C#N)C1CN(C)c2cc(F)c(F)cc2O1. The van der Waals surface area contributed by atoms with Crippen molar-refractivity contribution in [2.45, 2.75) is 6.10 Å². The van der Waals surface area contributed by atoms with Crippen molar-refractivity contribution in [1.29, 1.82) is 10.5 Å². The highest BCUT2D eigenvalue weighted by atomic mass is 19.2. The largest absolute Gasteiger partial charge is 0.495 e. The van der Waals surface area contributed by atoms with Gasteiger partial charge in [0.15, 0.2) is 29.1 Å². The number of allylic oxidation sites excluding steroid dienone is 1. The van der Waals surface area contributed by atoms with E-state index in [2.05, 4.69) is 0 Å². The molecule has 0 aliphatic carbocycles. The average molecular weight is 291 g/mol. The zero-order chi connectivity index (χ0) is 15.6. The molecular formula is C14H11F2N3O2. The number of rotatable bonds is 2. The Hall–Kier alpha value is -2.80. The average Bonchev–Trinajstić information content (AvgIpc) is 2.46. The lowest BCUT2D eigenvalue weighted by molar-refractivity contribution is 0.142. The van der Waals surface area contributed by atoms with Gasteiger partial charge in [0.2, 0.25) is 0 Å². The van der Waals surface area contributed by atoms with Crippen molar-refractivity contribution < 1.29 is 18.3 Å². The van der Waals surface area contributed by atoms with E-state index in [1.807, 2.05) is 0 Å². The van der Waals surface area contributed by atoms with Gasteiger partial charge in [0, 0.05) is 19.2 Å². The first-order valence-corrected chi connectivity index (χ1v) is 5.97. The lowest BCUT2D eigenvalue weighted by Crippen LogP contribution is -2.39. The van der Waals surface area contributed by atoms with Crippen LogP contribution in [0, 0.1) is 34.3 Å². The smallest absolute Gasteiger partial charge is 0.175 e. The number of anilines is 1. The molecule has 1 aromatic carbocycles. The normalized spacial score (nSPS) is 16.1. The van der Waals surface area contributed by atoms with E-state index in [1.165, 1.54) is 7.11 Å². The highest BCUT2D eigenvalue weighted by Crippen LogP contribution is 2.36. The first-order valence-electron chi connectivity index (χ1n) is 5.97. The van der Waals surface area contributed by atoms with Gasteiger partial charge in [-0.15, -0.1) is 0 Å². The summed E-state index contributed by atoms with van der Waals surface area (Å²) in [5.41, 5.74) is 0.165. The fourth-order valence-electron chi connectivity index (χ4n) is 2.11. The molecule has 1 aliphatic rings. The van der Waals surface area contributed by atoms with Gasteiger partial charge in [-0.05, 0) is 0 Å². The summed E-state index contributed by atoms with van der Waals surface area (Å²) in [5.74, 6) is -1.83. The van der Waals surface area contributed by atoms with Crippen LogP contribution in [0.15, 0.2) is 23.5 Å². The summed E-state index contributed by atoms with van der Waals surface area (Å²) < 4.78 is 37.2. The van der Waals surface area contributed by atoms with E-state index in [-0.39, 0.29) is 23.6 Å². The number of nitriles is 2. The lowest BCUT2D eigenvalue weighted by Gasteiger charge is -2.34. The molecule has 21 heavy (non-hydrogen) atoms. The Morgan fingerprint density at radius 3 is 2.52 bits per heavy atom. The van der Waals surface area contributed by atoms with Gasteiger partial charge in [0.1, 0.15) is 17.9 Å². The fraction of sp³-hybridized carbons (Fsp3) is 0.286. The van der Waals surface area contributed by atoms with E-state index in [9.17, 15) is 8.78 Å². The van der Waals surface area contributed by atoms with Gasteiger partial charge >= 0.3 is 0 Å². The van der Waals surface area contributed by atoms with Crippen molar-refractivity contribution >= 4 is 5.69 Å². The second kappa shape index (κ2) is 5.68. The number of fused-ring (bicyclic) bond motifs is 1. The predicted molar refractivity (Wildman–Crippen MR) is 69.3 cm³/mol. The predicted octanol–water partition coefficient (Wildman–Crippen LogP) is 2.11. The Kier molecular flexibility index (Phi) is 3.95. The summed E-state index contributed by atoms with van der Waals surface area (Å²) in [6.45, 7) is 0.230. The number of methoxy groups -OCH3 is 1. The molecule has 0 bridgehead atoms. The third-order valence-electron chi connectivity index (χ3n) is 3.10. The molecule has 5 nitrogen and oxygen atoms in total. The molecule has 0 aromatic heterocycles. The molecule has 0 saturated heterocycles. The zero-order valence-corrected chi connectivity index (χ0v) is 11.4. The van der Waals surface area contributed by atoms with Crippen molar-refractivity contribution in [2.75, 3.05) is 25.6 Å². The summed E-state index contributed by atoms with van der Waals surface area (Å²) in [6, 6.07) is 5.40. The fourth-order valence-corrected chi connectivity index (χ4v) is 2.11. The molecule has 1 aromatic rings. The van der Waals surface area contributed by atoms with Crippen LogP contribution in [-0.4, -0.2) is 26.8 Å². The van der Waals surface area contributed by atoms with Crippen LogP contribution < -0.4 is 9.64 Å². The Balaban J connectivity index is 2.45. The lowest BCUT2D eigenvalue weighted by atomic mass is 10.1. The molecule has 0 saturated carbocycles. The second-order valence-corrected chi connectivity index (χ2v) is 4.39. The highest BCUT2D eigenvalue weighted by molar-refractivity contribution is 5.61. The van der Waals surface area contributed by atoms with Crippen LogP contribution in [0.2, 0.25) is 0 Å². The van der Waals surface area contributed by atoms with Crippen LogP contribution >= 0.6 is 0 Å². The van der Waals surface area contributed by atoms with Crippen LogP contribution in [0.4, 0.5) is 14.5 Å². The highest BCUT2D eigenvalue weighted by Gasteiger charge is 2.30. The minimum absolute atomic E-state index is 0.0576. The van der Waals surface area contributed by atoms with Crippen LogP contribution in [0.25, 0.3) is 0 Å². The van der Waals surface area contributed by atoms with E-state index in [0.717, 1.165) is 12.1 Å². The van der Waals surface area contributed by atoms with Gasteiger partial charge in [-0.1, -0.05) is 0 Å². The van der Waals surface area contributed by atoms with Gasteiger partial charge < -0.3 is 14.4 Å². The maximum absolute atomic E-state index is 13.3. The van der Waals surface area contributed by atoms with Gasteiger partial charge in [-0.25, -0.2) is 8.78 Å². The summed E-state index contributed by atoms with van der Waals surface area (Å²) >= 11 is 0. The molecule has 1 heterocycles. The molecule has 108 valence electrons. The molecule has 0 N–H and O–H groups in total. The minimum Gasteiger partial charge on any atom is -0.495 e. The van der Waals surface area contributed by atoms with E-state index < -0.39 is 17.7 Å². The number of ether oxygens (including phenoxy) is 2. The Bertz CT molecular complexity index is 673. The number of halogens is 2. The standard InChI is InChI=1S/C14H11F2N3O2/c1-19-7-13(14(20-2)8(5-17)6-18)21-12-4-10(16)9(15)3-11(12)19/h3-4,13H,7H2,1-2H3. The molecule has 7 heteroatoms. The molecule has 0 amide bonds. The van der Waals surface area contributed by atoms with E-state index in [4.69, 9.17) is 20.0 Å². The van der Waals surface area contributed by atoms with Gasteiger partial charge in [-0.2, -0.15) is 10.5 Å². The Morgan fingerprint density at radius 2 is 1.95 bits per heavy atom. The number of hydrogen-bond donors (Lipinski definition) is 0. The van der Waals surface area contributed by atoms with E-state index >= 15 is 0 Å². The maximum atomic E-state index is 13.3. The van der Waals surface area contributed by atoms with Crippen LogP contribution in [0.3, 0.4) is 0 Å². The van der Waals surface area contributed by atoms with E-state index in [1.54, 1.807) is 24.1 Å². The van der Waals surface area contributed by atoms with Gasteiger partial charge in [0.25, 0.3) is 0 Å². The summed E-state index contributed by atoms with van der Waals surface area (Å²) in [6.07, 6.45) is -0.758. The molecule has 0 radical (unpaired) electrons. The monoisotopic (exact) mass is 291 g/mol. The molecule has 0 fully saturated rings. The van der Waals surface area contributed by atoms with Crippen molar-refractivity contribution in [3.8, 4) is 17.9 Å². The summed E-state index contributed by atoms with van der Waals surface area (Å²) in [4.78, 5) is 1.64. The molecule has 1 atom stereocenters. The molecule has 1 aliphatic heterocycles. The third kappa shape index (κ3) is 2.59. The number of benzene rings is 1. The topological polar surface area (TPSA) is 69.3 Å². The first kappa shape index (κ1) is 14.6. The van der Waals surface area contributed by atoms with Crippen LogP contribution in [0.5, 0.6) is 5.75 Å². The third-order valence-corrected chi connectivity index (χ3v) is 3.10. The maximum Gasteiger partial charge on any atom is 0.175 e. The molecule has 1 unspecified atom stereocenters. The Labute approximate surface area is 120 Å². The van der Waals surface area contributed by atoms with Gasteiger partial charge in [-0.3, -0.25) is 0 Å². The minimum atomic E-state index is -1.04. The van der Waals surface area contributed by atoms with Crippen LogP contribution in [0.1, 0.15) is 0 Å². The van der Waals surface area contributed by atoms with Crippen molar-refractivity contribution in [2.24, 2.45) is 0 Å². The molecular weight excluding hydrogens is 280 g/mol. The van der Waals surface area contributed by atoms with Crippen LogP contribution in [-0.2, 0) is 4.74 Å².